The van der Waals surface area contributed by atoms with E-state index in [1.807, 2.05) is 25.1 Å². The van der Waals surface area contributed by atoms with Crippen molar-refractivity contribution >= 4 is 0 Å². The zero-order chi connectivity index (χ0) is 14.4. The van der Waals surface area contributed by atoms with Gasteiger partial charge in [-0.05, 0) is 24.6 Å². The second-order valence-corrected chi connectivity index (χ2v) is 4.80. The first-order chi connectivity index (χ1) is 9.80. The van der Waals surface area contributed by atoms with Gasteiger partial charge >= 0.3 is 0 Å². The normalized spacial score (nSPS) is 17.8. The van der Waals surface area contributed by atoms with E-state index in [-0.39, 0.29) is 6.04 Å². The van der Waals surface area contributed by atoms with Gasteiger partial charge in [0.2, 0.25) is 0 Å². The van der Waals surface area contributed by atoms with Gasteiger partial charge < -0.3 is 14.8 Å². The van der Waals surface area contributed by atoms with Crippen LogP contribution in [0.3, 0.4) is 0 Å². The average Bonchev–Trinajstić information content (AvgIpc) is 2.50. The van der Waals surface area contributed by atoms with Gasteiger partial charge in [-0.3, -0.25) is 4.90 Å². The minimum atomic E-state index is -0.392. The molecular weight excluding hydrogens is 259 g/mol. The maximum Gasteiger partial charge on any atom is 0.161 e. The highest BCUT2D eigenvalue weighted by Crippen LogP contribution is 2.32. The minimum Gasteiger partial charge on any atom is -0.493 e. The third kappa shape index (κ3) is 3.41. The van der Waals surface area contributed by atoms with Gasteiger partial charge in [-0.2, -0.15) is 0 Å². The number of rotatable bonds is 6. The molecule has 0 spiro atoms. The van der Waals surface area contributed by atoms with E-state index in [0.717, 1.165) is 31.7 Å². The molecule has 1 saturated heterocycles. The molecule has 4 nitrogen and oxygen atoms in total. The van der Waals surface area contributed by atoms with Gasteiger partial charge in [0.05, 0.1) is 19.8 Å². The summed E-state index contributed by atoms with van der Waals surface area (Å²) < 4.78 is 24.3. The molecular formula is C15H23FN2O2. The Bertz CT molecular complexity index is 422. The number of benzene rings is 1. The summed E-state index contributed by atoms with van der Waals surface area (Å²) in [5, 5.41) is 3.28. The van der Waals surface area contributed by atoms with Crippen LogP contribution < -0.4 is 14.8 Å². The monoisotopic (exact) mass is 282 g/mol. The van der Waals surface area contributed by atoms with E-state index in [0.29, 0.717) is 18.1 Å². The first-order valence-electron chi connectivity index (χ1n) is 7.11. The minimum absolute atomic E-state index is 0.207. The summed E-state index contributed by atoms with van der Waals surface area (Å²) in [6.45, 7) is 5.67. The molecule has 0 aromatic heterocycles. The van der Waals surface area contributed by atoms with E-state index < -0.39 is 6.67 Å². The molecule has 2 rings (SSSR count). The van der Waals surface area contributed by atoms with Crippen LogP contribution in [0.4, 0.5) is 4.39 Å². The summed E-state index contributed by atoms with van der Waals surface area (Å²) >= 11 is 0. The maximum absolute atomic E-state index is 13.5. The van der Waals surface area contributed by atoms with E-state index >= 15 is 0 Å². The molecule has 0 bridgehead atoms. The van der Waals surface area contributed by atoms with E-state index in [4.69, 9.17) is 9.47 Å². The first-order valence-corrected chi connectivity index (χ1v) is 7.11. The SMILES string of the molecule is CCOc1ccc([C@H](CF)N2CCNCC2)cc1OC. The van der Waals surface area contributed by atoms with Crippen molar-refractivity contribution in [3.63, 3.8) is 0 Å². The lowest BCUT2D eigenvalue weighted by Crippen LogP contribution is -2.45. The molecule has 0 saturated carbocycles. The van der Waals surface area contributed by atoms with Crippen LogP contribution in [0.2, 0.25) is 0 Å². The first kappa shape index (κ1) is 15.1. The number of piperazine rings is 1. The van der Waals surface area contributed by atoms with Gasteiger partial charge in [-0.25, -0.2) is 4.39 Å². The number of ether oxygens (including phenoxy) is 2. The summed E-state index contributed by atoms with van der Waals surface area (Å²) in [5.74, 6) is 1.37. The summed E-state index contributed by atoms with van der Waals surface area (Å²) in [5.41, 5.74) is 0.940. The van der Waals surface area contributed by atoms with Crippen LogP contribution in [0.25, 0.3) is 0 Å². The van der Waals surface area contributed by atoms with Crippen LogP contribution in [0.1, 0.15) is 18.5 Å². The second-order valence-electron chi connectivity index (χ2n) is 4.80. The fourth-order valence-electron chi connectivity index (χ4n) is 2.56. The molecule has 5 heteroatoms. The number of nitrogens with one attached hydrogen (secondary N) is 1. The number of hydrogen-bond acceptors (Lipinski definition) is 4. The third-order valence-electron chi connectivity index (χ3n) is 3.61. The Morgan fingerprint density at radius 2 is 2.05 bits per heavy atom. The fraction of sp³-hybridized carbons (Fsp3) is 0.600. The van der Waals surface area contributed by atoms with Gasteiger partial charge in [-0.15, -0.1) is 0 Å². The van der Waals surface area contributed by atoms with Crippen LogP contribution in [0.5, 0.6) is 11.5 Å². The molecule has 1 heterocycles. The van der Waals surface area contributed by atoms with Crippen molar-refractivity contribution in [3.8, 4) is 11.5 Å². The molecule has 0 radical (unpaired) electrons. The van der Waals surface area contributed by atoms with Crippen LogP contribution >= 0.6 is 0 Å². The van der Waals surface area contributed by atoms with Gasteiger partial charge in [-0.1, -0.05) is 6.07 Å². The molecule has 20 heavy (non-hydrogen) atoms. The highest BCUT2D eigenvalue weighted by Gasteiger charge is 2.23. The van der Waals surface area contributed by atoms with E-state index in [1.165, 1.54) is 0 Å². The summed E-state index contributed by atoms with van der Waals surface area (Å²) in [4.78, 5) is 2.17. The molecule has 1 atom stereocenters. The number of nitrogens with zero attached hydrogens (tertiary/aromatic N) is 1. The number of halogens is 1. The number of methoxy groups -OCH3 is 1. The van der Waals surface area contributed by atoms with Gasteiger partial charge in [0.1, 0.15) is 6.67 Å². The van der Waals surface area contributed by atoms with E-state index in [1.54, 1.807) is 7.11 Å². The fourth-order valence-corrected chi connectivity index (χ4v) is 2.56. The molecule has 1 N–H and O–H groups in total. The van der Waals surface area contributed by atoms with Gasteiger partial charge in [0.15, 0.2) is 11.5 Å². The van der Waals surface area contributed by atoms with Crippen molar-refractivity contribution in [1.82, 2.24) is 10.2 Å². The Kier molecular flexibility index (Phi) is 5.61. The van der Waals surface area contributed by atoms with Crippen molar-refractivity contribution < 1.29 is 13.9 Å². The second kappa shape index (κ2) is 7.45. The Labute approximate surface area is 119 Å². The summed E-state index contributed by atoms with van der Waals surface area (Å²) in [7, 11) is 1.61. The maximum atomic E-state index is 13.5. The van der Waals surface area contributed by atoms with Crippen molar-refractivity contribution in [2.45, 2.75) is 13.0 Å². The predicted octanol–water partition coefficient (Wildman–Crippen LogP) is 2.01. The smallest absolute Gasteiger partial charge is 0.161 e. The zero-order valence-electron chi connectivity index (χ0n) is 12.2. The van der Waals surface area contributed by atoms with Crippen LogP contribution in [0.15, 0.2) is 18.2 Å². The molecule has 1 aliphatic rings. The zero-order valence-corrected chi connectivity index (χ0v) is 12.2. The highest BCUT2D eigenvalue weighted by molar-refractivity contribution is 5.44. The Hall–Kier alpha value is -1.33. The van der Waals surface area contributed by atoms with E-state index in [2.05, 4.69) is 10.2 Å². The van der Waals surface area contributed by atoms with Crippen LogP contribution in [-0.4, -0.2) is 51.5 Å². The lowest BCUT2D eigenvalue weighted by atomic mass is 10.0. The molecule has 0 unspecified atom stereocenters. The molecule has 112 valence electrons. The number of hydrogen-bond donors (Lipinski definition) is 1. The number of alkyl halides is 1. The summed E-state index contributed by atoms with van der Waals surface area (Å²) in [6.07, 6.45) is 0. The van der Waals surface area contributed by atoms with Crippen molar-refractivity contribution in [3.05, 3.63) is 23.8 Å². The summed E-state index contributed by atoms with van der Waals surface area (Å²) in [6, 6.07) is 5.47. The quantitative estimate of drug-likeness (QED) is 0.865. The Balaban J connectivity index is 2.20. The van der Waals surface area contributed by atoms with Crippen LogP contribution in [0, 0.1) is 0 Å². The molecule has 1 aromatic rings. The van der Waals surface area contributed by atoms with Crippen molar-refractivity contribution in [1.29, 1.82) is 0 Å². The van der Waals surface area contributed by atoms with Gasteiger partial charge in [0.25, 0.3) is 0 Å². The van der Waals surface area contributed by atoms with Gasteiger partial charge in [0, 0.05) is 26.2 Å². The lowest BCUT2D eigenvalue weighted by molar-refractivity contribution is 0.147. The molecule has 0 amide bonds. The average molecular weight is 282 g/mol. The lowest BCUT2D eigenvalue weighted by Gasteiger charge is -2.33. The predicted molar refractivity (Wildman–Crippen MR) is 77.3 cm³/mol. The molecule has 1 aromatic carbocycles. The third-order valence-corrected chi connectivity index (χ3v) is 3.61. The molecule has 1 aliphatic heterocycles. The molecule has 0 aliphatic carbocycles. The standard InChI is InChI=1S/C15H23FN2O2/c1-3-20-14-5-4-12(10-15(14)19-2)13(11-16)18-8-6-17-7-9-18/h4-5,10,13,17H,3,6-9,11H2,1-2H3/t13-/m0/s1. The van der Waals surface area contributed by atoms with Crippen molar-refractivity contribution in [2.24, 2.45) is 0 Å². The van der Waals surface area contributed by atoms with Crippen LogP contribution in [-0.2, 0) is 0 Å². The van der Waals surface area contributed by atoms with Crippen molar-refractivity contribution in [2.75, 3.05) is 46.6 Å². The topological polar surface area (TPSA) is 33.7 Å². The highest BCUT2D eigenvalue weighted by atomic mass is 19.1. The largest absolute Gasteiger partial charge is 0.493 e. The van der Waals surface area contributed by atoms with E-state index in [9.17, 15) is 4.39 Å². The Morgan fingerprint density at radius 3 is 2.65 bits per heavy atom. The Morgan fingerprint density at radius 1 is 1.30 bits per heavy atom. The molecule has 1 fully saturated rings.